The molecule has 90 valence electrons. The summed E-state index contributed by atoms with van der Waals surface area (Å²) in [6, 6.07) is 1.49. The molecule has 0 atom stereocenters. The van der Waals surface area contributed by atoms with E-state index >= 15 is 0 Å². The van der Waals surface area contributed by atoms with Crippen LogP contribution < -0.4 is 11.1 Å². The summed E-state index contributed by atoms with van der Waals surface area (Å²) in [5, 5.41) is 13.1. The van der Waals surface area contributed by atoms with E-state index in [4.69, 9.17) is 5.73 Å². The highest BCUT2D eigenvalue weighted by Crippen LogP contribution is 2.01. The van der Waals surface area contributed by atoms with Gasteiger partial charge in [-0.1, -0.05) is 0 Å². The number of amides is 1. The molecule has 2 rings (SSSR count). The van der Waals surface area contributed by atoms with E-state index in [1.807, 2.05) is 13.1 Å². The Kier molecular flexibility index (Phi) is 3.08. The first-order valence-corrected chi connectivity index (χ1v) is 5.29. The summed E-state index contributed by atoms with van der Waals surface area (Å²) in [5.41, 5.74) is 6.71. The summed E-state index contributed by atoms with van der Waals surface area (Å²) < 4.78 is 1.80. The summed E-state index contributed by atoms with van der Waals surface area (Å²) in [6.07, 6.45) is 3.62. The van der Waals surface area contributed by atoms with Crippen molar-refractivity contribution in [2.45, 2.75) is 20.0 Å². The monoisotopic (exact) mass is 234 g/mol. The third kappa shape index (κ3) is 2.63. The highest BCUT2D eigenvalue weighted by Gasteiger charge is 2.08. The number of nitrogens with one attached hydrogen (secondary N) is 2. The molecule has 2 aromatic rings. The average Bonchev–Trinajstić information content (AvgIpc) is 2.94. The van der Waals surface area contributed by atoms with E-state index in [9.17, 15) is 4.79 Å². The third-order valence-corrected chi connectivity index (χ3v) is 2.31. The first-order chi connectivity index (χ1) is 8.19. The molecule has 7 nitrogen and oxygen atoms in total. The zero-order valence-electron chi connectivity index (χ0n) is 9.47. The van der Waals surface area contributed by atoms with Gasteiger partial charge in [0.15, 0.2) is 0 Å². The molecule has 17 heavy (non-hydrogen) atoms. The molecule has 0 aliphatic carbocycles. The zero-order valence-corrected chi connectivity index (χ0v) is 9.47. The standard InChI is InChI=1S/C10H14N6O/c1-2-16-6-7(5-13-16)4-12-10(17)8-3-9(11)15-14-8/h3,5-6H,2,4H2,1H3,(H,12,17)(H3,11,14,15). The Morgan fingerprint density at radius 3 is 3.06 bits per heavy atom. The van der Waals surface area contributed by atoms with Crippen LogP contribution in [0.5, 0.6) is 0 Å². The third-order valence-electron chi connectivity index (χ3n) is 2.31. The molecule has 1 amide bonds. The number of anilines is 1. The highest BCUT2D eigenvalue weighted by molar-refractivity contribution is 5.92. The fourth-order valence-corrected chi connectivity index (χ4v) is 1.40. The van der Waals surface area contributed by atoms with E-state index in [0.29, 0.717) is 18.1 Å². The molecule has 0 radical (unpaired) electrons. The number of H-pyrrole nitrogens is 1. The molecule has 4 N–H and O–H groups in total. The lowest BCUT2D eigenvalue weighted by molar-refractivity contribution is 0.0946. The quantitative estimate of drug-likeness (QED) is 0.700. The van der Waals surface area contributed by atoms with Crippen LogP contribution in [-0.4, -0.2) is 25.9 Å². The van der Waals surface area contributed by atoms with Crippen LogP contribution in [0.1, 0.15) is 23.0 Å². The van der Waals surface area contributed by atoms with Crippen molar-refractivity contribution in [1.29, 1.82) is 0 Å². The number of nitrogens with zero attached hydrogens (tertiary/aromatic N) is 3. The maximum Gasteiger partial charge on any atom is 0.269 e. The van der Waals surface area contributed by atoms with Crippen molar-refractivity contribution in [3.05, 3.63) is 29.7 Å². The molecule has 0 unspecified atom stereocenters. The second-order valence-corrected chi connectivity index (χ2v) is 3.59. The number of nitrogen functional groups attached to an aromatic ring is 1. The summed E-state index contributed by atoms with van der Waals surface area (Å²) >= 11 is 0. The maximum atomic E-state index is 11.6. The largest absolute Gasteiger partial charge is 0.382 e. The molecule has 0 spiro atoms. The van der Waals surface area contributed by atoms with Gasteiger partial charge in [0.2, 0.25) is 0 Å². The summed E-state index contributed by atoms with van der Waals surface area (Å²) in [5.74, 6) is 0.0624. The molecule has 2 heterocycles. The van der Waals surface area contributed by atoms with Crippen molar-refractivity contribution in [3.8, 4) is 0 Å². The van der Waals surface area contributed by atoms with Crippen LogP contribution in [0.2, 0.25) is 0 Å². The van der Waals surface area contributed by atoms with Crippen molar-refractivity contribution in [2.75, 3.05) is 5.73 Å². The van der Waals surface area contributed by atoms with Crippen molar-refractivity contribution in [2.24, 2.45) is 0 Å². The highest BCUT2D eigenvalue weighted by atomic mass is 16.1. The van der Waals surface area contributed by atoms with Crippen LogP contribution in [0.3, 0.4) is 0 Å². The molecular formula is C10H14N6O. The number of hydrogen-bond acceptors (Lipinski definition) is 4. The Balaban J connectivity index is 1.92. The number of nitrogens with two attached hydrogens (primary N) is 1. The minimum absolute atomic E-state index is 0.238. The molecule has 2 aromatic heterocycles. The Bertz CT molecular complexity index is 514. The molecule has 0 fully saturated rings. The average molecular weight is 234 g/mol. The number of aromatic amines is 1. The first-order valence-electron chi connectivity index (χ1n) is 5.29. The lowest BCUT2D eigenvalue weighted by atomic mass is 10.3. The SMILES string of the molecule is CCn1cc(CNC(=O)c2cc(N)n[nH]2)cn1. The van der Waals surface area contributed by atoms with Gasteiger partial charge >= 0.3 is 0 Å². The topological polar surface area (TPSA) is 102 Å². The van der Waals surface area contributed by atoms with E-state index in [1.54, 1.807) is 10.9 Å². The van der Waals surface area contributed by atoms with Gasteiger partial charge in [0, 0.05) is 30.9 Å². The summed E-state index contributed by atoms with van der Waals surface area (Å²) in [6.45, 7) is 3.24. The smallest absolute Gasteiger partial charge is 0.269 e. The van der Waals surface area contributed by atoms with Gasteiger partial charge in [0.25, 0.3) is 5.91 Å². The fraction of sp³-hybridized carbons (Fsp3) is 0.300. The number of hydrogen-bond donors (Lipinski definition) is 3. The molecule has 0 aliphatic rings. The predicted octanol–water partition coefficient (Wildman–Crippen LogP) is 0.138. The minimum atomic E-state index is -0.238. The van der Waals surface area contributed by atoms with Gasteiger partial charge in [-0.2, -0.15) is 10.2 Å². The van der Waals surface area contributed by atoms with Crippen molar-refractivity contribution < 1.29 is 4.79 Å². The molecule has 0 aliphatic heterocycles. The first kappa shape index (κ1) is 11.2. The Labute approximate surface area is 98.0 Å². The zero-order chi connectivity index (χ0) is 12.3. The van der Waals surface area contributed by atoms with Crippen LogP contribution in [0.4, 0.5) is 5.82 Å². The van der Waals surface area contributed by atoms with Crippen LogP contribution in [0, 0.1) is 0 Å². The molecular weight excluding hydrogens is 220 g/mol. The Morgan fingerprint density at radius 2 is 2.47 bits per heavy atom. The molecule has 0 aromatic carbocycles. The van der Waals surface area contributed by atoms with E-state index in [0.717, 1.165) is 12.1 Å². The van der Waals surface area contributed by atoms with E-state index < -0.39 is 0 Å². The van der Waals surface area contributed by atoms with Gasteiger partial charge in [-0.15, -0.1) is 0 Å². The molecule has 7 heteroatoms. The number of aryl methyl sites for hydroxylation is 1. The van der Waals surface area contributed by atoms with E-state index in [2.05, 4.69) is 20.6 Å². The van der Waals surface area contributed by atoms with Crippen molar-refractivity contribution >= 4 is 11.7 Å². The number of carbonyl (C=O) groups excluding carboxylic acids is 1. The van der Waals surface area contributed by atoms with Gasteiger partial charge in [-0.25, -0.2) is 0 Å². The summed E-state index contributed by atoms with van der Waals surface area (Å²) in [7, 11) is 0. The number of carbonyl (C=O) groups is 1. The molecule has 0 bridgehead atoms. The molecule has 0 saturated heterocycles. The van der Waals surface area contributed by atoms with Crippen LogP contribution in [0.25, 0.3) is 0 Å². The van der Waals surface area contributed by atoms with Gasteiger partial charge < -0.3 is 11.1 Å². The predicted molar refractivity (Wildman–Crippen MR) is 62.1 cm³/mol. The van der Waals surface area contributed by atoms with E-state index in [1.165, 1.54) is 6.07 Å². The van der Waals surface area contributed by atoms with Crippen LogP contribution in [-0.2, 0) is 13.1 Å². The normalized spacial score (nSPS) is 10.4. The van der Waals surface area contributed by atoms with Crippen LogP contribution >= 0.6 is 0 Å². The maximum absolute atomic E-state index is 11.6. The minimum Gasteiger partial charge on any atom is -0.382 e. The fourth-order valence-electron chi connectivity index (χ4n) is 1.40. The van der Waals surface area contributed by atoms with Crippen LogP contribution in [0.15, 0.2) is 18.5 Å². The van der Waals surface area contributed by atoms with Gasteiger partial charge in [-0.05, 0) is 6.92 Å². The van der Waals surface area contributed by atoms with Gasteiger partial charge in [0.1, 0.15) is 11.5 Å². The second-order valence-electron chi connectivity index (χ2n) is 3.59. The summed E-state index contributed by atoms with van der Waals surface area (Å²) in [4.78, 5) is 11.6. The second kappa shape index (κ2) is 4.69. The number of aromatic nitrogens is 4. The Hall–Kier alpha value is -2.31. The van der Waals surface area contributed by atoms with Gasteiger partial charge in [-0.3, -0.25) is 14.6 Å². The van der Waals surface area contributed by atoms with E-state index in [-0.39, 0.29) is 5.91 Å². The lowest BCUT2D eigenvalue weighted by Gasteiger charge is -2.00. The lowest BCUT2D eigenvalue weighted by Crippen LogP contribution is -2.22. The number of rotatable bonds is 4. The molecule has 0 saturated carbocycles. The van der Waals surface area contributed by atoms with Crippen molar-refractivity contribution in [3.63, 3.8) is 0 Å². The van der Waals surface area contributed by atoms with Crippen molar-refractivity contribution in [1.82, 2.24) is 25.3 Å². The Morgan fingerprint density at radius 1 is 1.65 bits per heavy atom. The van der Waals surface area contributed by atoms with Gasteiger partial charge in [0.05, 0.1) is 6.20 Å².